The van der Waals surface area contributed by atoms with Crippen LogP contribution in [0.3, 0.4) is 0 Å². The fraction of sp³-hybridized carbons (Fsp3) is 1.00. The summed E-state index contributed by atoms with van der Waals surface area (Å²) in [7, 11) is 5.95. The SMILES string of the molecule is [B][C@@H]1CC(C)OC(C)(CCC)C1. The first kappa shape index (κ1) is 10.1. The number of hydrogen-bond acceptors (Lipinski definition) is 1. The van der Waals surface area contributed by atoms with E-state index in [1.54, 1.807) is 0 Å². The van der Waals surface area contributed by atoms with Gasteiger partial charge in [0.1, 0.15) is 0 Å². The van der Waals surface area contributed by atoms with Gasteiger partial charge in [0.05, 0.1) is 19.6 Å². The molecule has 1 heterocycles. The van der Waals surface area contributed by atoms with Crippen LogP contribution in [0, 0.1) is 0 Å². The average molecular weight is 166 g/mol. The summed E-state index contributed by atoms with van der Waals surface area (Å²) in [5.41, 5.74) is 0.0475. The molecule has 0 saturated carbocycles. The molecule has 1 fully saturated rings. The van der Waals surface area contributed by atoms with Gasteiger partial charge in [0.25, 0.3) is 0 Å². The summed E-state index contributed by atoms with van der Waals surface area (Å²) in [6.07, 6.45) is 4.68. The fourth-order valence-electron chi connectivity index (χ4n) is 2.34. The van der Waals surface area contributed by atoms with E-state index in [-0.39, 0.29) is 5.60 Å². The summed E-state index contributed by atoms with van der Waals surface area (Å²) in [5.74, 6) is 0.338. The van der Waals surface area contributed by atoms with Crippen LogP contribution in [0.5, 0.6) is 0 Å². The van der Waals surface area contributed by atoms with Gasteiger partial charge in [0, 0.05) is 0 Å². The summed E-state index contributed by atoms with van der Waals surface area (Å²) in [6.45, 7) is 6.50. The molecule has 0 aromatic heterocycles. The van der Waals surface area contributed by atoms with Gasteiger partial charge in [-0.1, -0.05) is 19.2 Å². The zero-order valence-electron chi connectivity index (χ0n) is 8.47. The Bertz CT molecular complexity index is 137. The lowest BCUT2D eigenvalue weighted by Gasteiger charge is -2.41. The van der Waals surface area contributed by atoms with E-state index < -0.39 is 0 Å². The summed E-state index contributed by atoms with van der Waals surface area (Å²) in [5, 5.41) is 0. The highest BCUT2D eigenvalue weighted by Crippen LogP contribution is 2.37. The van der Waals surface area contributed by atoms with E-state index in [2.05, 4.69) is 20.8 Å². The second kappa shape index (κ2) is 3.82. The Morgan fingerprint density at radius 3 is 2.75 bits per heavy atom. The van der Waals surface area contributed by atoms with Crippen LogP contribution >= 0.6 is 0 Å². The van der Waals surface area contributed by atoms with Crippen LogP contribution in [0.25, 0.3) is 0 Å². The van der Waals surface area contributed by atoms with Crippen molar-refractivity contribution in [3.63, 3.8) is 0 Å². The van der Waals surface area contributed by atoms with Crippen LogP contribution in [0.1, 0.15) is 46.5 Å². The van der Waals surface area contributed by atoms with Crippen LogP contribution in [0.2, 0.25) is 5.82 Å². The van der Waals surface area contributed by atoms with E-state index in [1.165, 1.54) is 6.42 Å². The predicted octanol–water partition coefficient (Wildman–Crippen LogP) is 2.70. The molecule has 0 N–H and O–H groups in total. The van der Waals surface area contributed by atoms with Crippen molar-refractivity contribution in [3.05, 3.63) is 0 Å². The Kier molecular flexibility index (Phi) is 3.22. The standard InChI is InChI=1S/C10H19BO/c1-4-5-10(3)7-9(11)6-8(2)12-10/h8-9H,4-7H2,1-3H3/t8?,9-,10?/m1/s1. The van der Waals surface area contributed by atoms with Crippen LogP contribution in [0.4, 0.5) is 0 Å². The Hall–Kier alpha value is 0.0249. The molecule has 2 unspecified atom stereocenters. The average Bonchev–Trinajstić information content (AvgIpc) is 1.82. The van der Waals surface area contributed by atoms with Gasteiger partial charge >= 0.3 is 0 Å². The quantitative estimate of drug-likeness (QED) is 0.573. The van der Waals surface area contributed by atoms with Crippen molar-refractivity contribution in [2.45, 2.75) is 64.0 Å². The molecule has 1 aliphatic rings. The third-order valence-electron chi connectivity index (χ3n) is 2.59. The molecule has 0 spiro atoms. The van der Waals surface area contributed by atoms with Crippen LogP contribution in [-0.2, 0) is 4.74 Å². The number of rotatable bonds is 2. The van der Waals surface area contributed by atoms with E-state index in [0.717, 1.165) is 19.3 Å². The molecule has 0 amide bonds. The van der Waals surface area contributed by atoms with E-state index in [4.69, 9.17) is 12.6 Å². The van der Waals surface area contributed by atoms with Gasteiger partial charge in [-0.2, -0.15) is 0 Å². The Balaban J connectivity index is 2.52. The van der Waals surface area contributed by atoms with Gasteiger partial charge in [0.2, 0.25) is 0 Å². The van der Waals surface area contributed by atoms with Crippen molar-refractivity contribution in [3.8, 4) is 0 Å². The number of hydrogen-bond donors (Lipinski definition) is 0. The topological polar surface area (TPSA) is 9.23 Å². The van der Waals surface area contributed by atoms with Gasteiger partial charge in [-0.05, 0) is 33.1 Å². The maximum atomic E-state index is 5.95. The minimum atomic E-state index is 0.0475. The summed E-state index contributed by atoms with van der Waals surface area (Å²) >= 11 is 0. The first-order valence-electron chi connectivity index (χ1n) is 4.99. The molecule has 1 saturated heterocycles. The Morgan fingerprint density at radius 2 is 2.25 bits per heavy atom. The van der Waals surface area contributed by atoms with E-state index in [0.29, 0.717) is 11.9 Å². The van der Waals surface area contributed by atoms with Crippen molar-refractivity contribution in [1.29, 1.82) is 0 Å². The van der Waals surface area contributed by atoms with E-state index >= 15 is 0 Å². The highest BCUT2D eigenvalue weighted by Gasteiger charge is 2.33. The zero-order valence-corrected chi connectivity index (χ0v) is 8.47. The Morgan fingerprint density at radius 1 is 1.58 bits per heavy atom. The first-order valence-corrected chi connectivity index (χ1v) is 4.99. The molecule has 3 atom stereocenters. The largest absolute Gasteiger partial charge is 0.372 e. The third-order valence-corrected chi connectivity index (χ3v) is 2.59. The summed E-state index contributed by atoms with van der Waals surface area (Å²) in [6, 6.07) is 0. The van der Waals surface area contributed by atoms with Gasteiger partial charge in [0.15, 0.2) is 0 Å². The minimum absolute atomic E-state index is 0.0475. The monoisotopic (exact) mass is 166 g/mol. The normalized spacial score (nSPS) is 42.9. The van der Waals surface area contributed by atoms with Crippen molar-refractivity contribution in [2.24, 2.45) is 0 Å². The van der Waals surface area contributed by atoms with Crippen molar-refractivity contribution >= 4 is 7.85 Å². The molecule has 0 aromatic rings. The van der Waals surface area contributed by atoms with Gasteiger partial charge < -0.3 is 4.74 Å². The molecule has 1 nitrogen and oxygen atoms in total. The lowest BCUT2D eigenvalue weighted by Crippen LogP contribution is -2.39. The van der Waals surface area contributed by atoms with E-state index in [9.17, 15) is 0 Å². The minimum Gasteiger partial charge on any atom is -0.372 e. The second-order valence-electron chi connectivity index (χ2n) is 4.33. The predicted molar refractivity (Wildman–Crippen MR) is 52.6 cm³/mol. The molecule has 0 aromatic carbocycles. The van der Waals surface area contributed by atoms with Crippen LogP contribution in [-0.4, -0.2) is 19.6 Å². The molecule has 2 radical (unpaired) electrons. The molecule has 1 aliphatic heterocycles. The molecule has 2 heteroatoms. The molecule has 1 rings (SSSR count). The van der Waals surface area contributed by atoms with Crippen LogP contribution < -0.4 is 0 Å². The van der Waals surface area contributed by atoms with Crippen molar-refractivity contribution < 1.29 is 4.74 Å². The first-order chi connectivity index (χ1) is 5.56. The van der Waals surface area contributed by atoms with Crippen LogP contribution in [0.15, 0.2) is 0 Å². The lowest BCUT2D eigenvalue weighted by molar-refractivity contribution is -0.113. The van der Waals surface area contributed by atoms with Gasteiger partial charge in [-0.15, -0.1) is 0 Å². The maximum absolute atomic E-state index is 5.95. The molecular weight excluding hydrogens is 147 g/mol. The summed E-state index contributed by atoms with van der Waals surface area (Å²) in [4.78, 5) is 0. The summed E-state index contributed by atoms with van der Waals surface area (Å²) < 4.78 is 5.90. The zero-order chi connectivity index (χ0) is 9.19. The van der Waals surface area contributed by atoms with Crippen molar-refractivity contribution in [1.82, 2.24) is 0 Å². The smallest absolute Gasteiger partial charge is 0.0702 e. The highest BCUT2D eigenvalue weighted by atomic mass is 16.5. The molecule has 68 valence electrons. The van der Waals surface area contributed by atoms with Gasteiger partial charge in [-0.25, -0.2) is 0 Å². The molecule has 0 aliphatic carbocycles. The molecular formula is C10H19BO. The fourth-order valence-corrected chi connectivity index (χ4v) is 2.34. The van der Waals surface area contributed by atoms with Crippen molar-refractivity contribution in [2.75, 3.05) is 0 Å². The van der Waals surface area contributed by atoms with E-state index in [1.807, 2.05) is 0 Å². The highest BCUT2D eigenvalue weighted by molar-refractivity contribution is 6.11. The second-order valence-corrected chi connectivity index (χ2v) is 4.33. The maximum Gasteiger partial charge on any atom is 0.0702 e. The molecule has 0 bridgehead atoms. The third kappa shape index (κ3) is 2.51. The Labute approximate surface area is 77.3 Å². The number of ether oxygens (including phenoxy) is 1. The van der Waals surface area contributed by atoms with Gasteiger partial charge in [-0.3, -0.25) is 0 Å². The lowest BCUT2D eigenvalue weighted by atomic mass is 9.72. The molecule has 12 heavy (non-hydrogen) atoms.